The summed E-state index contributed by atoms with van der Waals surface area (Å²) in [5.74, 6) is 0.297. The van der Waals surface area contributed by atoms with Crippen molar-refractivity contribution in [2.24, 2.45) is 5.92 Å². The van der Waals surface area contributed by atoms with E-state index in [1.165, 1.54) is 10.5 Å². The quantitative estimate of drug-likeness (QED) is 0.807. The molecule has 2 rings (SSSR count). The van der Waals surface area contributed by atoms with E-state index in [4.69, 9.17) is 0 Å². The zero-order valence-electron chi connectivity index (χ0n) is 11.7. The molecule has 0 bridgehead atoms. The lowest BCUT2D eigenvalue weighted by molar-refractivity contribution is -0.124. The number of hydrogen-bond acceptors (Lipinski definition) is 4. The van der Waals surface area contributed by atoms with Crippen molar-refractivity contribution < 1.29 is 13.2 Å². The van der Waals surface area contributed by atoms with Gasteiger partial charge < -0.3 is 10.3 Å². The van der Waals surface area contributed by atoms with E-state index in [9.17, 15) is 13.2 Å². The molecule has 1 aliphatic heterocycles. The van der Waals surface area contributed by atoms with Crippen LogP contribution in [0.1, 0.15) is 26.1 Å². The summed E-state index contributed by atoms with van der Waals surface area (Å²) in [6, 6.07) is 0. The van der Waals surface area contributed by atoms with Gasteiger partial charge in [-0.2, -0.15) is 4.31 Å². The van der Waals surface area contributed by atoms with Crippen LogP contribution in [0.5, 0.6) is 0 Å². The van der Waals surface area contributed by atoms with E-state index >= 15 is 0 Å². The van der Waals surface area contributed by atoms with Crippen LogP contribution in [0, 0.1) is 5.92 Å². The van der Waals surface area contributed by atoms with Gasteiger partial charge in [-0.25, -0.2) is 13.4 Å². The van der Waals surface area contributed by atoms with E-state index in [1.807, 2.05) is 13.8 Å². The van der Waals surface area contributed by atoms with Crippen LogP contribution < -0.4 is 5.32 Å². The Hall–Kier alpha value is -1.41. The molecule has 7 nitrogen and oxygen atoms in total. The molecule has 1 unspecified atom stereocenters. The van der Waals surface area contributed by atoms with E-state index in [0.717, 1.165) is 0 Å². The van der Waals surface area contributed by atoms with Gasteiger partial charge in [-0.05, 0) is 13.3 Å². The molecule has 0 spiro atoms. The number of nitrogens with one attached hydrogen (secondary N) is 2. The highest BCUT2D eigenvalue weighted by molar-refractivity contribution is 7.89. The van der Waals surface area contributed by atoms with Gasteiger partial charge in [0.05, 0.1) is 12.1 Å². The molecule has 1 atom stereocenters. The van der Waals surface area contributed by atoms with Crippen LogP contribution in [0.2, 0.25) is 0 Å². The van der Waals surface area contributed by atoms with Gasteiger partial charge >= 0.3 is 0 Å². The first kappa shape index (κ1) is 15.0. The van der Waals surface area contributed by atoms with Gasteiger partial charge in [-0.15, -0.1) is 0 Å². The number of sulfonamides is 1. The number of rotatable bonds is 5. The summed E-state index contributed by atoms with van der Waals surface area (Å²) in [4.78, 5) is 18.6. The average molecular weight is 300 g/mol. The minimum atomic E-state index is -3.57. The lowest BCUT2D eigenvalue weighted by Crippen LogP contribution is -2.34. The van der Waals surface area contributed by atoms with Crippen LogP contribution in [0.25, 0.3) is 0 Å². The van der Waals surface area contributed by atoms with Crippen molar-refractivity contribution in [2.45, 2.75) is 31.7 Å². The first-order valence-electron chi connectivity index (χ1n) is 6.80. The normalized spacial score (nSPS) is 20.2. The molecule has 1 aromatic heterocycles. The van der Waals surface area contributed by atoms with Crippen LogP contribution in [0.15, 0.2) is 11.2 Å². The second-order valence-corrected chi connectivity index (χ2v) is 6.70. The second-order valence-electron chi connectivity index (χ2n) is 4.79. The molecule has 0 saturated carbocycles. The summed E-state index contributed by atoms with van der Waals surface area (Å²) in [7, 11) is -3.57. The monoisotopic (exact) mass is 300 g/mol. The third-order valence-corrected chi connectivity index (χ3v) is 5.21. The highest BCUT2D eigenvalue weighted by Gasteiger charge is 2.36. The summed E-state index contributed by atoms with van der Waals surface area (Å²) >= 11 is 0. The van der Waals surface area contributed by atoms with Crippen molar-refractivity contribution >= 4 is 15.9 Å². The fraction of sp³-hybridized carbons (Fsp3) is 0.667. The number of carbonyl (C=O) groups is 1. The van der Waals surface area contributed by atoms with Crippen LogP contribution >= 0.6 is 0 Å². The summed E-state index contributed by atoms with van der Waals surface area (Å²) in [6.45, 7) is 4.90. The first-order chi connectivity index (χ1) is 9.48. The van der Waals surface area contributed by atoms with Gasteiger partial charge in [0.2, 0.25) is 5.91 Å². The maximum Gasteiger partial charge on any atom is 0.260 e. The molecular formula is C12H20N4O3S. The fourth-order valence-corrected chi connectivity index (χ4v) is 3.71. The standard InChI is InChI=1S/C12H20N4O3S/c1-3-10-14-7-11(15-10)20(18,19)16-6-5-9(8-16)12(17)13-4-2/h7,9H,3-6,8H2,1-2H3,(H,13,17)(H,14,15). The fourth-order valence-electron chi connectivity index (χ4n) is 2.27. The van der Waals surface area contributed by atoms with Crippen LogP contribution in [-0.4, -0.2) is 48.2 Å². The molecule has 1 aliphatic rings. The van der Waals surface area contributed by atoms with Gasteiger partial charge in [-0.1, -0.05) is 6.92 Å². The zero-order chi connectivity index (χ0) is 14.8. The molecule has 1 amide bonds. The lowest BCUT2D eigenvalue weighted by Gasteiger charge is -2.15. The molecule has 2 heterocycles. The summed E-state index contributed by atoms with van der Waals surface area (Å²) in [6.07, 6.45) is 2.55. The first-order valence-corrected chi connectivity index (χ1v) is 8.24. The van der Waals surface area contributed by atoms with Crippen LogP contribution in [0.4, 0.5) is 0 Å². The van der Waals surface area contributed by atoms with Gasteiger partial charge in [0.1, 0.15) is 5.82 Å². The van der Waals surface area contributed by atoms with Crippen molar-refractivity contribution in [1.82, 2.24) is 19.6 Å². The van der Waals surface area contributed by atoms with E-state index < -0.39 is 10.0 Å². The molecule has 1 aromatic rings. The molecule has 0 aliphatic carbocycles. The van der Waals surface area contributed by atoms with Crippen molar-refractivity contribution in [3.63, 3.8) is 0 Å². The smallest absolute Gasteiger partial charge is 0.260 e. The van der Waals surface area contributed by atoms with Gasteiger partial charge in [-0.3, -0.25) is 4.79 Å². The second kappa shape index (κ2) is 5.92. The number of hydrogen-bond donors (Lipinski definition) is 2. The van der Waals surface area contributed by atoms with Crippen molar-refractivity contribution in [3.05, 3.63) is 12.0 Å². The van der Waals surface area contributed by atoms with Crippen LogP contribution in [0.3, 0.4) is 0 Å². The molecule has 8 heteroatoms. The number of imidazole rings is 1. The molecule has 0 radical (unpaired) electrons. The van der Waals surface area contributed by atoms with Crippen LogP contribution in [-0.2, 0) is 21.2 Å². The predicted molar refractivity (Wildman–Crippen MR) is 73.5 cm³/mol. The molecule has 20 heavy (non-hydrogen) atoms. The van der Waals surface area contributed by atoms with Crippen molar-refractivity contribution in [1.29, 1.82) is 0 Å². The van der Waals surface area contributed by atoms with E-state index in [-0.39, 0.29) is 23.4 Å². The summed E-state index contributed by atoms with van der Waals surface area (Å²) in [5.41, 5.74) is 0. The summed E-state index contributed by atoms with van der Waals surface area (Å²) < 4.78 is 26.2. The maximum atomic E-state index is 12.4. The Morgan fingerprint density at radius 1 is 1.55 bits per heavy atom. The van der Waals surface area contributed by atoms with Gasteiger partial charge in [0.25, 0.3) is 10.0 Å². The Morgan fingerprint density at radius 2 is 2.30 bits per heavy atom. The molecule has 0 aromatic carbocycles. The van der Waals surface area contributed by atoms with Crippen molar-refractivity contribution in [3.8, 4) is 0 Å². The lowest BCUT2D eigenvalue weighted by atomic mass is 10.1. The molecule has 2 N–H and O–H groups in total. The minimum Gasteiger partial charge on any atom is -0.356 e. The maximum absolute atomic E-state index is 12.4. The molecule has 112 valence electrons. The number of carbonyl (C=O) groups excluding carboxylic acids is 1. The van der Waals surface area contributed by atoms with Gasteiger partial charge in [0, 0.05) is 26.1 Å². The predicted octanol–water partition coefficient (Wildman–Crippen LogP) is 0.119. The number of aromatic amines is 1. The Labute approximate surface area is 118 Å². The third-order valence-electron chi connectivity index (χ3n) is 3.43. The Bertz CT molecular complexity index is 581. The van der Waals surface area contributed by atoms with E-state index in [1.54, 1.807) is 0 Å². The highest BCUT2D eigenvalue weighted by Crippen LogP contribution is 2.23. The Morgan fingerprint density at radius 3 is 2.90 bits per heavy atom. The molecule has 1 saturated heterocycles. The third kappa shape index (κ3) is 2.85. The SMILES string of the molecule is CCNC(=O)C1CCN(S(=O)(=O)c2cnc(CC)[nH]2)C1. The number of nitrogens with zero attached hydrogens (tertiary/aromatic N) is 2. The number of amides is 1. The van der Waals surface area contributed by atoms with E-state index in [2.05, 4.69) is 15.3 Å². The van der Waals surface area contributed by atoms with Gasteiger partial charge in [0.15, 0.2) is 5.03 Å². The Kier molecular flexibility index (Phi) is 4.44. The Balaban J connectivity index is 2.10. The topological polar surface area (TPSA) is 95.2 Å². The van der Waals surface area contributed by atoms with E-state index in [0.29, 0.717) is 31.8 Å². The molecule has 1 fully saturated rings. The highest BCUT2D eigenvalue weighted by atomic mass is 32.2. The summed E-state index contributed by atoms with van der Waals surface area (Å²) in [5, 5.41) is 2.83. The number of H-pyrrole nitrogens is 1. The van der Waals surface area contributed by atoms with Crippen molar-refractivity contribution in [2.75, 3.05) is 19.6 Å². The average Bonchev–Trinajstić information content (AvgIpc) is 3.08. The number of aromatic nitrogens is 2. The zero-order valence-corrected chi connectivity index (χ0v) is 12.5. The largest absolute Gasteiger partial charge is 0.356 e. The number of aryl methyl sites for hydroxylation is 1. The molecular weight excluding hydrogens is 280 g/mol. The minimum absolute atomic E-state index is 0.0796.